The van der Waals surface area contributed by atoms with Gasteiger partial charge in [-0.3, -0.25) is 0 Å². The van der Waals surface area contributed by atoms with Gasteiger partial charge in [-0.05, 0) is 13.8 Å². The van der Waals surface area contributed by atoms with Gasteiger partial charge in [0.2, 0.25) is 0 Å². The van der Waals surface area contributed by atoms with Crippen LogP contribution in [0.3, 0.4) is 0 Å². The number of carbonyl (C=O) groups is 1. The van der Waals surface area contributed by atoms with Crippen molar-refractivity contribution in [2.24, 2.45) is 0 Å². The summed E-state index contributed by atoms with van der Waals surface area (Å²) in [7, 11) is 0. The topological polar surface area (TPSA) is 80.3 Å². The number of aromatic nitrogens is 2. The number of aryl methyl sites for hydroxylation is 1. The van der Waals surface area contributed by atoms with Gasteiger partial charge in [0.1, 0.15) is 17.5 Å². The first-order valence-corrected chi connectivity index (χ1v) is 10.1. The number of ether oxygens (including phenoxy) is 3. The average Bonchev–Trinajstić information content (AvgIpc) is 3.16. The number of piperidine rings is 1. The van der Waals surface area contributed by atoms with Crippen molar-refractivity contribution in [3.8, 4) is 0 Å². The fourth-order valence-corrected chi connectivity index (χ4v) is 4.06. The Morgan fingerprint density at radius 3 is 2.18 bits per heavy atom. The second kappa shape index (κ2) is 8.08. The zero-order valence-electron chi connectivity index (χ0n) is 16.7. The standard InChI is InChI=1S/C19H29N5O4/c1-3-26-18(25)24-10-8-23(9-11-24)17-14-16(20-15(2)21-17)22-6-4-19(5-7-22)27-12-13-28-19/h14H,3-13H2,1-2H3. The van der Waals surface area contributed by atoms with Crippen molar-refractivity contribution in [3.05, 3.63) is 11.9 Å². The van der Waals surface area contributed by atoms with Crippen molar-refractivity contribution in [1.82, 2.24) is 14.9 Å². The van der Waals surface area contributed by atoms with E-state index in [2.05, 4.69) is 25.8 Å². The molecule has 9 nitrogen and oxygen atoms in total. The molecule has 154 valence electrons. The Labute approximate surface area is 165 Å². The van der Waals surface area contributed by atoms with Crippen LogP contribution in [0, 0.1) is 6.92 Å². The number of hydrogen-bond acceptors (Lipinski definition) is 8. The smallest absolute Gasteiger partial charge is 0.409 e. The molecule has 4 heterocycles. The molecule has 1 aromatic heterocycles. The molecule has 3 fully saturated rings. The van der Waals surface area contributed by atoms with Gasteiger partial charge in [-0.15, -0.1) is 0 Å². The fourth-order valence-electron chi connectivity index (χ4n) is 4.06. The highest BCUT2D eigenvalue weighted by Gasteiger charge is 2.40. The van der Waals surface area contributed by atoms with Crippen LogP contribution in [0.25, 0.3) is 0 Å². The highest BCUT2D eigenvalue weighted by atomic mass is 16.7. The molecule has 3 aliphatic heterocycles. The third-order valence-electron chi connectivity index (χ3n) is 5.60. The van der Waals surface area contributed by atoms with E-state index in [9.17, 15) is 4.79 Å². The normalized spacial score (nSPS) is 22.0. The van der Waals surface area contributed by atoms with Crippen molar-refractivity contribution in [3.63, 3.8) is 0 Å². The van der Waals surface area contributed by atoms with Gasteiger partial charge >= 0.3 is 6.09 Å². The lowest BCUT2D eigenvalue weighted by molar-refractivity contribution is -0.169. The number of amides is 1. The number of anilines is 2. The van der Waals surface area contributed by atoms with E-state index in [0.717, 1.165) is 56.5 Å². The van der Waals surface area contributed by atoms with Crippen LogP contribution in [0.5, 0.6) is 0 Å². The third kappa shape index (κ3) is 4.00. The van der Waals surface area contributed by atoms with E-state index in [-0.39, 0.29) is 11.9 Å². The molecule has 0 N–H and O–H groups in total. The Morgan fingerprint density at radius 2 is 1.61 bits per heavy atom. The summed E-state index contributed by atoms with van der Waals surface area (Å²) in [6, 6.07) is 2.06. The van der Waals surface area contributed by atoms with Gasteiger partial charge in [0.05, 0.1) is 19.8 Å². The van der Waals surface area contributed by atoms with Crippen molar-refractivity contribution in [1.29, 1.82) is 0 Å². The van der Waals surface area contributed by atoms with Crippen LogP contribution in [-0.2, 0) is 14.2 Å². The Bertz CT molecular complexity index is 692. The summed E-state index contributed by atoms with van der Waals surface area (Å²) < 4.78 is 16.7. The summed E-state index contributed by atoms with van der Waals surface area (Å²) in [5.74, 6) is 2.24. The molecule has 28 heavy (non-hydrogen) atoms. The lowest BCUT2D eigenvalue weighted by Gasteiger charge is -2.39. The van der Waals surface area contributed by atoms with Crippen molar-refractivity contribution >= 4 is 17.7 Å². The highest BCUT2D eigenvalue weighted by Crippen LogP contribution is 2.33. The average molecular weight is 391 g/mol. The van der Waals surface area contributed by atoms with Gasteiger partial charge in [0.25, 0.3) is 0 Å². The first-order chi connectivity index (χ1) is 13.6. The molecular formula is C19H29N5O4. The molecule has 0 aliphatic carbocycles. The first kappa shape index (κ1) is 19.2. The van der Waals surface area contributed by atoms with Crippen LogP contribution in [-0.4, -0.2) is 85.8 Å². The minimum atomic E-state index is -0.384. The molecule has 1 spiro atoms. The summed E-state index contributed by atoms with van der Waals surface area (Å²) in [6.07, 6.45) is 1.47. The lowest BCUT2D eigenvalue weighted by Crippen LogP contribution is -2.49. The minimum Gasteiger partial charge on any atom is -0.450 e. The Morgan fingerprint density at radius 1 is 1.04 bits per heavy atom. The quantitative estimate of drug-likeness (QED) is 0.765. The largest absolute Gasteiger partial charge is 0.450 e. The van der Waals surface area contributed by atoms with E-state index < -0.39 is 0 Å². The molecule has 9 heteroatoms. The number of carbonyl (C=O) groups excluding carboxylic acids is 1. The van der Waals surface area contributed by atoms with E-state index in [0.29, 0.717) is 32.9 Å². The predicted octanol–water partition coefficient (Wildman–Crippen LogP) is 1.41. The van der Waals surface area contributed by atoms with Crippen LogP contribution >= 0.6 is 0 Å². The maximum Gasteiger partial charge on any atom is 0.409 e. The molecule has 0 radical (unpaired) electrons. The van der Waals surface area contributed by atoms with Crippen LogP contribution in [0.1, 0.15) is 25.6 Å². The van der Waals surface area contributed by atoms with E-state index in [4.69, 9.17) is 14.2 Å². The van der Waals surface area contributed by atoms with Crippen LogP contribution in [0.2, 0.25) is 0 Å². The second-order valence-corrected chi connectivity index (χ2v) is 7.40. The van der Waals surface area contributed by atoms with Crippen molar-refractivity contribution in [2.75, 3.05) is 68.9 Å². The first-order valence-electron chi connectivity index (χ1n) is 10.1. The molecule has 0 aromatic carbocycles. The zero-order valence-corrected chi connectivity index (χ0v) is 16.7. The van der Waals surface area contributed by atoms with Crippen LogP contribution in [0.4, 0.5) is 16.4 Å². The van der Waals surface area contributed by atoms with E-state index >= 15 is 0 Å². The number of piperazine rings is 1. The van der Waals surface area contributed by atoms with Gasteiger partial charge in [-0.25, -0.2) is 14.8 Å². The number of rotatable bonds is 3. The highest BCUT2D eigenvalue weighted by molar-refractivity contribution is 5.68. The molecular weight excluding hydrogens is 362 g/mol. The Balaban J connectivity index is 1.40. The van der Waals surface area contributed by atoms with E-state index in [1.54, 1.807) is 4.90 Å². The molecule has 1 amide bonds. The van der Waals surface area contributed by atoms with Gasteiger partial charge in [0, 0.05) is 58.2 Å². The molecule has 3 saturated heterocycles. The SMILES string of the molecule is CCOC(=O)N1CCN(c2cc(N3CCC4(CC3)OCCO4)nc(C)n2)CC1. The molecule has 0 atom stereocenters. The Kier molecular flexibility index (Phi) is 5.54. The molecule has 0 unspecified atom stereocenters. The summed E-state index contributed by atoms with van der Waals surface area (Å²) in [5.41, 5.74) is 0. The fraction of sp³-hybridized carbons (Fsp3) is 0.737. The molecule has 0 bridgehead atoms. The van der Waals surface area contributed by atoms with E-state index in [1.165, 1.54) is 0 Å². The van der Waals surface area contributed by atoms with Gasteiger partial charge in [-0.1, -0.05) is 0 Å². The molecule has 4 rings (SSSR count). The van der Waals surface area contributed by atoms with Gasteiger partial charge in [-0.2, -0.15) is 0 Å². The number of nitrogens with zero attached hydrogens (tertiary/aromatic N) is 5. The number of hydrogen-bond donors (Lipinski definition) is 0. The molecule has 0 saturated carbocycles. The van der Waals surface area contributed by atoms with Crippen molar-refractivity contribution < 1.29 is 19.0 Å². The maximum atomic E-state index is 11.9. The summed E-state index contributed by atoms with van der Waals surface area (Å²) in [6.45, 7) is 9.99. The lowest BCUT2D eigenvalue weighted by atomic mass is 10.0. The summed E-state index contributed by atoms with van der Waals surface area (Å²) in [5, 5.41) is 0. The monoisotopic (exact) mass is 391 g/mol. The van der Waals surface area contributed by atoms with Gasteiger partial charge in [0.15, 0.2) is 5.79 Å². The summed E-state index contributed by atoms with van der Waals surface area (Å²) in [4.78, 5) is 27.4. The minimum absolute atomic E-state index is 0.236. The summed E-state index contributed by atoms with van der Waals surface area (Å²) >= 11 is 0. The maximum absolute atomic E-state index is 11.9. The molecule has 1 aromatic rings. The predicted molar refractivity (Wildman–Crippen MR) is 104 cm³/mol. The van der Waals surface area contributed by atoms with Crippen molar-refractivity contribution in [2.45, 2.75) is 32.5 Å². The van der Waals surface area contributed by atoms with Crippen LogP contribution in [0.15, 0.2) is 6.07 Å². The van der Waals surface area contributed by atoms with Gasteiger partial charge < -0.3 is 28.9 Å². The van der Waals surface area contributed by atoms with E-state index in [1.807, 2.05) is 13.8 Å². The Hall–Kier alpha value is -2.13. The zero-order chi connectivity index (χ0) is 19.6. The third-order valence-corrected chi connectivity index (χ3v) is 5.60. The molecule has 3 aliphatic rings. The van der Waals surface area contributed by atoms with Crippen LogP contribution < -0.4 is 9.80 Å². The second-order valence-electron chi connectivity index (χ2n) is 7.40.